The smallest absolute Gasteiger partial charge is 0.253 e. The van der Waals surface area contributed by atoms with Crippen molar-refractivity contribution in [3.8, 4) is 0 Å². The second kappa shape index (κ2) is 10.8. The second-order valence-corrected chi connectivity index (χ2v) is 10.1. The molecule has 0 saturated carbocycles. The number of carbonyl (C=O) groups excluding carboxylic acids is 2. The Kier molecular flexibility index (Phi) is 7.57. The molecule has 0 bridgehead atoms. The summed E-state index contributed by atoms with van der Waals surface area (Å²) in [5, 5.41) is 2.81. The Bertz CT molecular complexity index is 1280. The van der Waals surface area contributed by atoms with Crippen LogP contribution in [0.3, 0.4) is 0 Å². The van der Waals surface area contributed by atoms with Gasteiger partial charge in [0.2, 0.25) is 15.9 Å². The molecular weight excluding hydrogens is 473 g/mol. The minimum atomic E-state index is -3.78. The molecule has 0 spiro atoms. The lowest BCUT2D eigenvalue weighted by Crippen LogP contribution is -2.37. The zero-order valence-corrected chi connectivity index (χ0v) is 19.8. The van der Waals surface area contributed by atoms with Gasteiger partial charge in [0.1, 0.15) is 5.82 Å². The number of nitrogens with zero attached hydrogens (tertiary/aromatic N) is 4. The van der Waals surface area contributed by atoms with Crippen LogP contribution < -0.4 is 5.32 Å². The first-order valence-corrected chi connectivity index (χ1v) is 12.7. The molecule has 11 heteroatoms. The van der Waals surface area contributed by atoms with E-state index in [0.717, 1.165) is 12.1 Å². The average Bonchev–Trinajstić information content (AvgIpc) is 3.25. The van der Waals surface area contributed by atoms with Gasteiger partial charge in [-0.1, -0.05) is 6.07 Å². The van der Waals surface area contributed by atoms with Gasteiger partial charge in [-0.15, -0.1) is 0 Å². The highest BCUT2D eigenvalue weighted by Crippen LogP contribution is 2.20. The molecule has 1 aliphatic rings. The molecule has 2 amide bonds. The third kappa shape index (κ3) is 6.11. The van der Waals surface area contributed by atoms with Gasteiger partial charge in [0, 0.05) is 62.8 Å². The van der Waals surface area contributed by atoms with E-state index in [2.05, 4.69) is 10.3 Å². The van der Waals surface area contributed by atoms with Crippen LogP contribution in [0.4, 0.5) is 10.1 Å². The number of sulfonamides is 1. The lowest BCUT2D eigenvalue weighted by atomic mass is 10.1. The number of anilines is 1. The van der Waals surface area contributed by atoms with E-state index < -0.39 is 15.8 Å². The molecule has 0 unspecified atom stereocenters. The summed E-state index contributed by atoms with van der Waals surface area (Å²) < 4.78 is 42.2. The first kappa shape index (κ1) is 24.6. The average molecular weight is 500 g/mol. The van der Waals surface area contributed by atoms with Crippen molar-refractivity contribution >= 4 is 27.5 Å². The normalized spacial score (nSPS) is 14.9. The monoisotopic (exact) mass is 499 g/mol. The fraction of sp³-hybridized carbons (Fsp3) is 0.292. The maximum atomic E-state index is 13.2. The van der Waals surface area contributed by atoms with E-state index in [4.69, 9.17) is 0 Å². The third-order valence-electron chi connectivity index (χ3n) is 5.74. The van der Waals surface area contributed by atoms with Crippen molar-refractivity contribution in [3.05, 3.63) is 78.6 Å². The first-order chi connectivity index (χ1) is 16.8. The highest BCUT2D eigenvalue weighted by Gasteiger charge is 2.28. The fourth-order valence-corrected chi connectivity index (χ4v) is 5.35. The summed E-state index contributed by atoms with van der Waals surface area (Å²) in [6.45, 7) is 1.51. The van der Waals surface area contributed by atoms with Crippen LogP contribution in [0.25, 0.3) is 0 Å². The molecule has 0 aliphatic carbocycles. The number of aromatic nitrogens is 2. The lowest BCUT2D eigenvalue weighted by Gasteiger charge is -2.22. The molecule has 3 aromatic rings. The van der Waals surface area contributed by atoms with Gasteiger partial charge in [0.25, 0.3) is 5.91 Å². The van der Waals surface area contributed by atoms with Crippen molar-refractivity contribution in [1.82, 2.24) is 18.8 Å². The van der Waals surface area contributed by atoms with Crippen LogP contribution in [-0.4, -0.2) is 65.2 Å². The van der Waals surface area contributed by atoms with Crippen LogP contribution in [0.1, 0.15) is 23.2 Å². The Morgan fingerprint density at radius 3 is 2.57 bits per heavy atom. The number of rotatable bonds is 7. The summed E-state index contributed by atoms with van der Waals surface area (Å²) in [6, 6.07) is 11.4. The molecule has 0 radical (unpaired) electrons. The summed E-state index contributed by atoms with van der Waals surface area (Å²) in [5.74, 6) is -0.923. The molecule has 9 nitrogen and oxygen atoms in total. The number of nitrogens with one attached hydrogen (secondary N) is 1. The van der Waals surface area contributed by atoms with Crippen LogP contribution in [-0.2, 0) is 21.4 Å². The lowest BCUT2D eigenvalue weighted by molar-refractivity contribution is -0.116. The van der Waals surface area contributed by atoms with Gasteiger partial charge in [-0.3, -0.25) is 9.59 Å². The van der Waals surface area contributed by atoms with Crippen LogP contribution in [0, 0.1) is 5.82 Å². The molecule has 1 aromatic heterocycles. The van der Waals surface area contributed by atoms with Crippen molar-refractivity contribution in [3.63, 3.8) is 0 Å². The number of hydrogen-bond acceptors (Lipinski definition) is 5. The van der Waals surface area contributed by atoms with E-state index in [1.165, 1.54) is 16.4 Å². The number of halogens is 1. The van der Waals surface area contributed by atoms with Crippen LogP contribution in [0.15, 0.2) is 72.1 Å². The molecule has 4 rings (SSSR count). The van der Waals surface area contributed by atoms with Crippen molar-refractivity contribution in [1.29, 1.82) is 0 Å². The first-order valence-electron chi connectivity index (χ1n) is 11.2. The molecule has 1 aliphatic heterocycles. The number of aryl methyl sites for hydroxylation is 1. The van der Waals surface area contributed by atoms with Gasteiger partial charge in [-0.05, 0) is 48.9 Å². The molecule has 1 saturated heterocycles. The Hall–Kier alpha value is -3.57. The molecular formula is C24H26FN5O4S. The Morgan fingerprint density at radius 2 is 1.83 bits per heavy atom. The van der Waals surface area contributed by atoms with E-state index in [1.807, 2.05) is 0 Å². The number of hydrogen-bond donors (Lipinski definition) is 1. The maximum Gasteiger partial charge on any atom is 0.253 e. The van der Waals surface area contributed by atoms with Crippen LogP contribution >= 0.6 is 0 Å². The zero-order chi connectivity index (χ0) is 24.8. The summed E-state index contributed by atoms with van der Waals surface area (Å²) in [6.07, 6.45) is 5.79. The van der Waals surface area contributed by atoms with Crippen LogP contribution in [0.2, 0.25) is 0 Å². The van der Waals surface area contributed by atoms with Crippen LogP contribution in [0.5, 0.6) is 0 Å². The third-order valence-corrected chi connectivity index (χ3v) is 7.66. The van der Waals surface area contributed by atoms with E-state index in [1.54, 1.807) is 52.5 Å². The molecule has 1 fully saturated rings. The van der Waals surface area contributed by atoms with Gasteiger partial charge < -0.3 is 14.8 Å². The molecule has 184 valence electrons. The minimum Gasteiger partial charge on any atom is -0.337 e. The predicted molar refractivity (Wildman–Crippen MR) is 128 cm³/mol. The highest BCUT2D eigenvalue weighted by atomic mass is 32.2. The largest absolute Gasteiger partial charge is 0.337 e. The van der Waals surface area contributed by atoms with Crippen molar-refractivity contribution in [2.24, 2.45) is 0 Å². The van der Waals surface area contributed by atoms with E-state index >= 15 is 0 Å². The quantitative estimate of drug-likeness (QED) is 0.538. The molecule has 2 heterocycles. The van der Waals surface area contributed by atoms with Gasteiger partial charge in [-0.25, -0.2) is 17.8 Å². The Labute approximate surface area is 203 Å². The van der Waals surface area contributed by atoms with Gasteiger partial charge in [0.15, 0.2) is 0 Å². The molecule has 35 heavy (non-hydrogen) atoms. The molecule has 2 aromatic carbocycles. The summed E-state index contributed by atoms with van der Waals surface area (Å²) in [7, 11) is -3.78. The van der Waals surface area contributed by atoms with Gasteiger partial charge >= 0.3 is 0 Å². The molecule has 0 atom stereocenters. The SMILES string of the molecule is O=C(CCn1ccnc1)Nc1cccc(C(=O)N2CCCN(S(=O)(=O)c3ccc(F)cc3)CC2)c1. The van der Waals surface area contributed by atoms with Gasteiger partial charge in [-0.2, -0.15) is 4.31 Å². The zero-order valence-electron chi connectivity index (χ0n) is 19.0. The van der Waals surface area contributed by atoms with E-state index in [9.17, 15) is 22.4 Å². The van der Waals surface area contributed by atoms with E-state index in [-0.39, 0.29) is 42.8 Å². The summed E-state index contributed by atoms with van der Waals surface area (Å²) in [4.78, 5) is 31.0. The second-order valence-electron chi connectivity index (χ2n) is 8.18. The standard InChI is InChI=1S/C24H26FN5O4S/c25-20-5-7-22(8-6-20)35(33,34)30-12-2-11-29(15-16-30)24(32)19-3-1-4-21(17-19)27-23(31)9-13-28-14-10-26-18-28/h1,3-8,10,14,17-18H,2,9,11-13,15-16H2,(H,27,31). The fourth-order valence-electron chi connectivity index (χ4n) is 3.88. The maximum absolute atomic E-state index is 13.2. The minimum absolute atomic E-state index is 0.0233. The van der Waals surface area contributed by atoms with E-state index in [0.29, 0.717) is 30.8 Å². The van der Waals surface area contributed by atoms with Gasteiger partial charge in [0.05, 0.1) is 11.2 Å². The van der Waals surface area contributed by atoms with Crippen molar-refractivity contribution in [2.75, 3.05) is 31.5 Å². The van der Waals surface area contributed by atoms with Crippen molar-refractivity contribution < 1.29 is 22.4 Å². The number of amides is 2. The Balaban J connectivity index is 1.37. The summed E-state index contributed by atoms with van der Waals surface area (Å²) in [5.41, 5.74) is 0.925. The topological polar surface area (TPSA) is 105 Å². The molecule has 1 N–H and O–H groups in total. The predicted octanol–water partition coefficient (Wildman–Crippen LogP) is 2.59. The number of imidazole rings is 1. The highest BCUT2D eigenvalue weighted by molar-refractivity contribution is 7.89. The summed E-state index contributed by atoms with van der Waals surface area (Å²) >= 11 is 0. The van der Waals surface area contributed by atoms with Crippen molar-refractivity contribution in [2.45, 2.75) is 24.3 Å². The number of benzene rings is 2. The Morgan fingerprint density at radius 1 is 1.03 bits per heavy atom. The number of carbonyl (C=O) groups is 2.